The van der Waals surface area contributed by atoms with Gasteiger partial charge in [0.25, 0.3) is 0 Å². The molecule has 3 fully saturated rings. The van der Waals surface area contributed by atoms with E-state index in [1.807, 2.05) is 32.2 Å². The number of aromatic nitrogens is 1. The molecular formula is C28H39NO7S. The van der Waals surface area contributed by atoms with Gasteiger partial charge in [0.1, 0.15) is 18.0 Å². The lowest BCUT2D eigenvalue weighted by Crippen LogP contribution is -2.45. The third kappa shape index (κ3) is 5.99. The number of fused-ring (bicyclic) bond motifs is 2. The van der Waals surface area contributed by atoms with Crippen molar-refractivity contribution in [2.24, 2.45) is 17.3 Å². The van der Waals surface area contributed by atoms with Crippen LogP contribution in [-0.2, 0) is 28.6 Å². The summed E-state index contributed by atoms with van der Waals surface area (Å²) < 4.78 is 17.5. The lowest BCUT2D eigenvalue weighted by Gasteiger charge is -2.33. The van der Waals surface area contributed by atoms with Crippen LogP contribution in [0.1, 0.15) is 83.8 Å². The second kappa shape index (κ2) is 10.6. The molecule has 0 radical (unpaired) electrons. The lowest BCUT2D eigenvalue weighted by molar-refractivity contribution is -0.155. The number of epoxide rings is 1. The van der Waals surface area contributed by atoms with Gasteiger partial charge in [-0.25, -0.2) is 4.98 Å². The van der Waals surface area contributed by atoms with Crippen molar-refractivity contribution in [1.29, 1.82) is 0 Å². The highest BCUT2D eigenvalue weighted by Crippen LogP contribution is 2.46. The molecule has 9 heteroatoms. The maximum absolute atomic E-state index is 13.6. The molecule has 37 heavy (non-hydrogen) atoms. The Bertz CT molecular complexity index is 1080. The number of rotatable bonds is 2. The standard InChI is InChI=1S/C28H39NO7S/c1-15-8-7-9-28(6)22(36-28)11-20(16(2)10-19-14-37-18(4)29-19)34-23(30)12-21-27(5,13-24(31)35-21)26(33)17(3)25(15)32/h10,14-15,17,20-22,25,32H,7-9,11-13H2,1-6H3/b16-10+/t15-,17+,20-,21-,22-,25-,27+,28+/m0/s1. The molecule has 204 valence electrons. The Labute approximate surface area is 222 Å². The molecular weight excluding hydrogens is 494 g/mol. The molecule has 0 saturated carbocycles. The quantitative estimate of drug-likeness (QED) is 0.439. The van der Waals surface area contributed by atoms with Gasteiger partial charge in [-0.1, -0.05) is 20.3 Å². The highest BCUT2D eigenvalue weighted by atomic mass is 32.1. The van der Waals surface area contributed by atoms with Gasteiger partial charge in [0.2, 0.25) is 0 Å². The monoisotopic (exact) mass is 533 g/mol. The van der Waals surface area contributed by atoms with Gasteiger partial charge in [0.15, 0.2) is 0 Å². The molecule has 8 nitrogen and oxygen atoms in total. The number of ether oxygens (including phenoxy) is 3. The molecule has 3 aliphatic rings. The van der Waals surface area contributed by atoms with Crippen LogP contribution in [0.5, 0.6) is 0 Å². The minimum absolute atomic E-state index is 0.0611. The number of aliphatic hydroxyl groups excluding tert-OH is 1. The fourth-order valence-corrected chi connectivity index (χ4v) is 6.40. The summed E-state index contributed by atoms with van der Waals surface area (Å²) in [5.74, 6) is -2.11. The summed E-state index contributed by atoms with van der Waals surface area (Å²) in [5, 5.41) is 13.9. The topological polar surface area (TPSA) is 115 Å². The third-order valence-corrected chi connectivity index (χ3v) is 9.30. The Balaban J connectivity index is 1.61. The zero-order valence-electron chi connectivity index (χ0n) is 22.6. The molecule has 0 spiro atoms. The summed E-state index contributed by atoms with van der Waals surface area (Å²) in [6.45, 7) is 11.2. The van der Waals surface area contributed by atoms with Crippen LogP contribution in [0.3, 0.4) is 0 Å². The van der Waals surface area contributed by atoms with Crippen molar-refractivity contribution in [1.82, 2.24) is 4.98 Å². The van der Waals surface area contributed by atoms with Crippen LogP contribution in [0.15, 0.2) is 11.0 Å². The largest absolute Gasteiger partial charge is 0.461 e. The van der Waals surface area contributed by atoms with E-state index in [9.17, 15) is 19.5 Å². The summed E-state index contributed by atoms with van der Waals surface area (Å²) in [4.78, 5) is 43.5. The Hall–Kier alpha value is -2.10. The average Bonchev–Trinajstić information content (AvgIpc) is 3.10. The molecule has 0 aromatic carbocycles. The number of hydrogen-bond donors (Lipinski definition) is 1. The number of Topliss-reactive ketones (excluding diaryl/α,β-unsaturated/α-hetero) is 1. The molecule has 3 saturated heterocycles. The highest BCUT2D eigenvalue weighted by Gasteiger charge is 2.55. The Morgan fingerprint density at radius 1 is 1.16 bits per heavy atom. The second-order valence-corrected chi connectivity index (χ2v) is 12.7. The van der Waals surface area contributed by atoms with Gasteiger partial charge in [-0.15, -0.1) is 11.3 Å². The van der Waals surface area contributed by atoms with E-state index in [1.54, 1.807) is 25.2 Å². The Morgan fingerprint density at radius 2 is 1.89 bits per heavy atom. The normalized spacial score (nSPS) is 40.0. The second-order valence-electron chi connectivity index (χ2n) is 11.6. The number of aryl methyl sites for hydroxylation is 1. The van der Waals surface area contributed by atoms with E-state index < -0.39 is 41.6 Å². The lowest BCUT2D eigenvalue weighted by atomic mass is 9.71. The molecule has 8 atom stereocenters. The zero-order valence-corrected chi connectivity index (χ0v) is 23.4. The van der Waals surface area contributed by atoms with Crippen LogP contribution < -0.4 is 0 Å². The maximum Gasteiger partial charge on any atom is 0.310 e. The molecule has 1 aromatic heterocycles. The Morgan fingerprint density at radius 3 is 2.57 bits per heavy atom. The van der Waals surface area contributed by atoms with Crippen molar-refractivity contribution < 1.29 is 33.7 Å². The minimum atomic E-state index is -1.20. The number of thiazole rings is 1. The first-order valence-electron chi connectivity index (χ1n) is 13.2. The van der Waals surface area contributed by atoms with Crippen molar-refractivity contribution in [3.63, 3.8) is 0 Å². The minimum Gasteiger partial charge on any atom is -0.461 e. The van der Waals surface area contributed by atoms with Crippen molar-refractivity contribution in [3.8, 4) is 0 Å². The first-order valence-corrected chi connectivity index (χ1v) is 14.1. The van der Waals surface area contributed by atoms with Crippen molar-refractivity contribution >= 4 is 35.1 Å². The van der Waals surface area contributed by atoms with Crippen molar-refractivity contribution in [2.45, 2.75) is 110 Å². The highest BCUT2D eigenvalue weighted by molar-refractivity contribution is 7.09. The summed E-state index contributed by atoms with van der Waals surface area (Å²) >= 11 is 1.55. The molecule has 0 aliphatic carbocycles. The first-order chi connectivity index (χ1) is 17.3. The van der Waals surface area contributed by atoms with Gasteiger partial charge in [0.05, 0.1) is 46.8 Å². The molecule has 0 bridgehead atoms. The number of aliphatic hydroxyl groups is 1. The smallest absolute Gasteiger partial charge is 0.310 e. The molecule has 3 aliphatic heterocycles. The summed E-state index contributed by atoms with van der Waals surface area (Å²) in [7, 11) is 0. The SMILES string of the molecule is C/C(=C\c1csc(C)n1)[C@@H]1C[C@@H]2O[C@]2(C)CCC[C@H](C)[C@H](O)[C@@H](C)C(=O)[C@]2(C)CC(=O)O[C@H]2CC(=O)O1. The summed E-state index contributed by atoms with van der Waals surface area (Å²) in [5.41, 5.74) is 0.145. The van der Waals surface area contributed by atoms with Crippen LogP contribution in [-0.4, -0.2) is 57.8 Å². The number of ketones is 1. The number of nitrogens with zero attached hydrogens (tertiary/aromatic N) is 1. The molecule has 1 N–H and O–H groups in total. The van der Waals surface area contributed by atoms with E-state index in [4.69, 9.17) is 14.2 Å². The fourth-order valence-electron chi connectivity index (χ4n) is 5.83. The molecule has 0 unspecified atom stereocenters. The molecule has 0 amide bonds. The van der Waals surface area contributed by atoms with Gasteiger partial charge in [-0.05, 0) is 58.1 Å². The van der Waals surface area contributed by atoms with E-state index in [1.165, 1.54) is 0 Å². The van der Waals surface area contributed by atoms with E-state index >= 15 is 0 Å². The van der Waals surface area contributed by atoms with Crippen LogP contribution in [0.4, 0.5) is 0 Å². The van der Waals surface area contributed by atoms with Gasteiger partial charge in [-0.2, -0.15) is 0 Å². The number of esters is 2. The number of carbonyl (C=O) groups is 3. The predicted octanol–water partition coefficient (Wildman–Crippen LogP) is 4.41. The average molecular weight is 534 g/mol. The number of hydrogen-bond acceptors (Lipinski definition) is 9. The van der Waals surface area contributed by atoms with E-state index in [-0.39, 0.29) is 36.2 Å². The van der Waals surface area contributed by atoms with Gasteiger partial charge >= 0.3 is 11.9 Å². The van der Waals surface area contributed by atoms with E-state index in [2.05, 4.69) is 11.9 Å². The van der Waals surface area contributed by atoms with Crippen LogP contribution >= 0.6 is 11.3 Å². The zero-order chi connectivity index (χ0) is 27.1. The van der Waals surface area contributed by atoms with Gasteiger partial charge in [0, 0.05) is 17.7 Å². The first kappa shape index (κ1) is 27.9. The van der Waals surface area contributed by atoms with Crippen molar-refractivity contribution in [3.05, 3.63) is 21.7 Å². The van der Waals surface area contributed by atoms with Crippen molar-refractivity contribution in [2.75, 3.05) is 0 Å². The predicted molar refractivity (Wildman–Crippen MR) is 139 cm³/mol. The molecule has 4 heterocycles. The van der Waals surface area contributed by atoms with Gasteiger partial charge in [-0.3, -0.25) is 14.4 Å². The molecule has 4 rings (SSSR count). The van der Waals surface area contributed by atoms with Crippen LogP contribution in [0.25, 0.3) is 6.08 Å². The van der Waals surface area contributed by atoms with Gasteiger partial charge < -0.3 is 19.3 Å². The fraction of sp³-hybridized carbons (Fsp3) is 0.714. The van der Waals surface area contributed by atoms with E-state index in [0.717, 1.165) is 35.5 Å². The van der Waals surface area contributed by atoms with E-state index in [0.29, 0.717) is 6.42 Å². The number of carbonyl (C=O) groups excluding carboxylic acids is 3. The Kier molecular flexibility index (Phi) is 7.98. The third-order valence-electron chi connectivity index (χ3n) is 8.51. The summed E-state index contributed by atoms with van der Waals surface area (Å²) in [6.07, 6.45) is 2.10. The summed E-state index contributed by atoms with van der Waals surface area (Å²) in [6, 6.07) is 0. The maximum atomic E-state index is 13.6. The van der Waals surface area contributed by atoms with Crippen LogP contribution in [0, 0.1) is 24.2 Å². The number of cyclic esters (lactones) is 1. The molecule has 1 aromatic rings. The van der Waals surface area contributed by atoms with Crippen LogP contribution in [0.2, 0.25) is 0 Å².